The fraction of sp³-hybridized carbons (Fsp3) is 0.122. The summed E-state index contributed by atoms with van der Waals surface area (Å²) in [4.78, 5) is 9.82. The molecule has 232 valence electrons. The van der Waals surface area contributed by atoms with Crippen molar-refractivity contribution in [1.29, 1.82) is 0 Å². The van der Waals surface area contributed by atoms with E-state index in [1.54, 1.807) is 0 Å². The van der Waals surface area contributed by atoms with Crippen LogP contribution in [0, 0.1) is 6.33 Å². The Bertz CT molecular complexity index is 2370. The van der Waals surface area contributed by atoms with Crippen LogP contribution in [0.25, 0.3) is 27.8 Å². The average Bonchev–Trinajstić information content (AvgIpc) is 3.63. The van der Waals surface area contributed by atoms with Gasteiger partial charge in [-0.05, 0) is 64.5 Å². The van der Waals surface area contributed by atoms with E-state index < -0.39 is 0 Å². The van der Waals surface area contributed by atoms with Crippen molar-refractivity contribution < 1.29 is 9.30 Å². The first kappa shape index (κ1) is 28.4. The SMILES string of the molecule is C[n+]1[c-]n(-c2cccc(Oc3ccc4c(c3)N(c3cc(C(C)(C)C)ccn3)B3c5ccccc5-c5ccccc5N34)c2)c2ccccc21. The first-order valence-corrected chi connectivity index (χ1v) is 16.4. The molecule has 48 heavy (non-hydrogen) atoms. The van der Waals surface area contributed by atoms with E-state index in [1.165, 1.54) is 27.8 Å². The van der Waals surface area contributed by atoms with Crippen molar-refractivity contribution in [1.82, 2.24) is 9.55 Å². The van der Waals surface area contributed by atoms with Crippen LogP contribution in [0.3, 0.4) is 0 Å². The number of aryl methyl sites for hydroxylation is 1. The maximum Gasteiger partial charge on any atom is 0.422 e. The van der Waals surface area contributed by atoms with Crippen LogP contribution >= 0.6 is 0 Å². The van der Waals surface area contributed by atoms with Gasteiger partial charge in [0.15, 0.2) is 0 Å². The van der Waals surface area contributed by atoms with E-state index in [0.29, 0.717) is 0 Å². The Morgan fingerprint density at radius 1 is 0.688 bits per heavy atom. The summed E-state index contributed by atoms with van der Waals surface area (Å²) in [7, 11) is 2.02. The second-order valence-corrected chi connectivity index (χ2v) is 13.6. The van der Waals surface area contributed by atoms with Crippen LogP contribution < -0.4 is 24.4 Å². The highest BCUT2D eigenvalue weighted by Gasteiger charge is 2.48. The van der Waals surface area contributed by atoms with Gasteiger partial charge in [0.2, 0.25) is 6.33 Å². The molecule has 4 heterocycles. The lowest BCUT2D eigenvalue weighted by atomic mass is 9.59. The van der Waals surface area contributed by atoms with E-state index >= 15 is 0 Å². The van der Waals surface area contributed by atoms with Crippen molar-refractivity contribution in [3.05, 3.63) is 145 Å². The van der Waals surface area contributed by atoms with Crippen molar-refractivity contribution in [3.8, 4) is 28.3 Å². The minimum atomic E-state index is -0.106. The molecule has 0 radical (unpaired) electrons. The van der Waals surface area contributed by atoms with Gasteiger partial charge in [0.05, 0.1) is 35.1 Å². The van der Waals surface area contributed by atoms with Gasteiger partial charge in [0.1, 0.15) is 17.3 Å². The lowest BCUT2D eigenvalue weighted by Gasteiger charge is -2.36. The molecular weight excluding hydrogens is 589 g/mol. The molecule has 7 heteroatoms. The monoisotopic (exact) mass is 623 g/mol. The molecule has 2 aliphatic heterocycles. The number of pyridine rings is 1. The lowest BCUT2D eigenvalue weighted by molar-refractivity contribution is -0.649. The predicted molar refractivity (Wildman–Crippen MR) is 194 cm³/mol. The number of ether oxygens (including phenoxy) is 1. The van der Waals surface area contributed by atoms with Crippen molar-refractivity contribution in [2.75, 3.05) is 9.62 Å². The first-order valence-electron chi connectivity index (χ1n) is 16.4. The molecule has 0 atom stereocenters. The number of hydrogen-bond acceptors (Lipinski definition) is 4. The maximum atomic E-state index is 6.64. The molecule has 0 saturated carbocycles. The van der Waals surface area contributed by atoms with E-state index in [-0.39, 0.29) is 12.4 Å². The van der Waals surface area contributed by atoms with E-state index in [1.807, 2.05) is 29.9 Å². The number of fused-ring (bicyclic) bond motifs is 9. The highest BCUT2D eigenvalue weighted by Crippen LogP contribution is 2.52. The number of anilines is 4. The predicted octanol–water partition coefficient (Wildman–Crippen LogP) is 8.41. The van der Waals surface area contributed by atoms with Crippen molar-refractivity contribution in [3.63, 3.8) is 0 Å². The van der Waals surface area contributed by atoms with Crippen LogP contribution in [0.1, 0.15) is 26.3 Å². The molecule has 0 fully saturated rings. The topological polar surface area (TPSA) is 37.4 Å². The molecule has 2 aliphatic rings. The normalized spacial score (nSPS) is 13.3. The first-order chi connectivity index (χ1) is 23.3. The molecule has 0 spiro atoms. The fourth-order valence-electron chi connectivity index (χ4n) is 7.24. The van der Waals surface area contributed by atoms with E-state index in [2.05, 4.69) is 157 Å². The van der Waals surface area contributed by atoms with Gasteiger partial charge in [-0.3, -0.25) is 0 Å². The Labute approximate surface area is 281 Å². The molecule has 0 amide bonds. The number of hydrogen-bond donors (Lipinski definition) is 0. The quantitative estimate of drug-likeness (QED) is 0.112. The lowest BCUT2D eigenvalue weighted by Crippen LogP contribution is -2.55. The van der Waals surface area contributed by atoms with Gasteiger partial charge >= 0.3 is 6.98 Å². The highest BCUT2D eigenvalue weighted by molar-refractivity contribution is 6.86. The largest absolute Gasteiger partial charge is 0.458 e. The van der Waals surface area contributed by atoms with Crippen molar-refractivity contribution in [2.45, 2.75) is 26.2 Å². The van der Waals surface area contributed by atoms with E-state index in [9.17, 15) is 0 Å². The zero-order valence-corrected chi connectivity index (χ0v) is 27.4. The summed E-state index contributed by atoms with van der Waals surface area (Å²) in [6.45, 7) is 6.63. The van der Waals surface area contributed by atoms with Gasteiger partial charge in [-0.15, -0.1) is 0 Å². The summed E-state index contributed by atoms with van der Waals surface area (Å²) < 4.78 is 10.7. The Balaban J connectivity index is 1.18. The fourth-order valence-corrected chi connectivity index (χ4v) is 7.24. The van der Waals surface area contributed by atoms with Crippen LogP contribution in [0.2, 0.25) is 0 Å². The second-order valence-electron chi connectivity index (χ2n) is 13.6. The van der Waals surface area contributed by atoms with Crippen molar-refractivity contribution >= 4 is 46.4 Å². The van der Waals surface area contributed by atoms with Gasteiger partial charge in [-0.25, -0.2) is 4.98 Å². The van der Waals surface area contributed by atoms with E-state index in [4.69, 9.17) is 9.72 Å². The molecule has 0 N–H and O–H groups in total. The number of aromatic nitrogens is 3. The number of nitrogens with zero attached hydrogens (tertiary/aromatic N) is 5. The third-order valence-electron chi connectivity index (χ3n) is 9.55. The zero-order chi connectivity index (χ0) is 32.6. The average molecular weight is 624 g/mol. The van der Waals surface area contributed by atoms with Crippen LogP contribution in [0.5, 0.6) is 11.5 Å². The molecule has 0 bridgehead atoms. The number of para-hydroxylation sites is 3. The molecule has 0 saturated heterocycles. The van der Waals surface area contributed by atoms with Crippen LogP contribution in [-0.4, -0.2) is 16.5 Å². The molecule has 5 aromatic carbocycles. The Morgan fingerprint density at radius 2 is 1.46 bits per heavy atom. The summed E-state index contributed by atoms with van der Waals surface area (Å²) in [5.41, 5.74) is 11.5. The molecule has 9 rings (SSSR count). The molecule has 0 aliphatic carbocycles. The van der Waals surface area contributed by atoms with Gasteiger partial charge in [-0.2, -0.15) is 0 Å². The van der Waals surface area contributed by atoms with Crippen LogP contribution in [-0.2, 0) is 12.5 Å². The van der Waals surface area contributed by atoms with Gasteiger partial charge in [0.25, 0.3) is 0 Å². The Hall–Kier alpha value is -5.82. The minimum Gasteiger partial charge on any atom is -0.458 e. The Morgan fingerprint density at radius 3 is 2.33 bits per heavy atom. The van der Waals surface area contributed by atoms with Crippen LogP contribution in [0.15, 0.2) is 134 Å². The summed E-state index contributed by atoms with van der Waals surface area (Å²) in [6, 6.07) is 44.8. The summed E-state index contributed by atoms with van der Waals surface area (Å²) in [5, 5.41) is 0. The highest BCUT2D eigenvalue weighted by atomic mass is 16.5. The zero-order valence-electron chi connectivity index (χ0n) is 27.4. The summed E-state index contributed by atoms with van der Waals surface area (Å²) in [5.74, 6) is 2.43. The third-order valence-corrected chi connectivity index (χ3v) is 9.55. The Kier molecular flexibility index (Phi) is 6.28. The molecule has 2 aromatic heterocycles. The standard InChI is InChI=1S/C41H34BN5O/c1-41(2,3)28-22-23-43-40(24-28)47-39-26-31(48-30-13-11-12-29(25-30)45-27-44(4)36-18-9-10-19-37(36)45)20-21-38(39)46-35-17-8-6-15-33(35)32-14-5-7-16-34(32)42(46)47/h5-26H,1-4H3. The van der Waals surface area contributed by atoms with Crippen LogP contribution in [0.4, 0.5) is 22.9 Å². The molecule has 0 unspecified atom stereocenters. The third kappa shape index (κ3) is 4.42. The van der Waals surface area contributed by atoms with Gasteiger partial charge in [0, 0.05) is 23.5 Å². The summed E-state index contributed by atoms with van der Waals surface area (Å²) >= 11 is 0. The smallest absolute Gasteiger partial charge is 0.422 e. The number of rotatable bonds is 4. The van der Waals surface area contributed by atoms with Crippen molar-refractivity contribution in [2.24, 2.45) is 7.05 Å². The second kappa shape index (κ2) is 10.6. The van der Waals surface area contributed by atoms with Gasteiger partial charge < -0.3 is 23.5 Å². The molecule has 7 aromatic rings. The maximum absolute atomic E-state index is 6.64. The summed E-state index contributed by atoms with van der Waals surface area (Å²) in [6.07, 6.45) is 5.38. The minimum absolute atomic E-state index is 0.0213. The number of benzene rings is 5. The molecule has 6 nitrogen and oxygen atoms in total. The molecular formula is C41H34BN5O. The van der Waals surface area contributed by atoms with E-state index in [0.717, 1.165) is 45.4 Å². The number of imidazole rings is 1. The van der Waals surface area contributed by atoms with Gasteiger partial charge in [-0.1, -0.05) is 99.6 Å².